The Morgan fingerprint density at radius 2 is 1.37 bits per heavy atom. The van der Waals surface area contributed by atoms with E-state index in [4.69, 9.17) is 9.16 Å². The number of fused-ring (bicyclic) bond motifs is 2. The molecule has 0 saturated heterocycles. The normalized spacial score (nSPS) is 20.3. The van der Waals surface area contributed by atoms with Crippen LogP contribution in [0.5, 0.6) is 0 Å². The fourth-order valence-corrected chi connectivity index (χ4v) is 11.3. The van der Waals surface area contributed by atoms with E-state index in [1.54, 1.807) is 6.08 Å². The highest BCUT2D eigenvalue weighted by Gasteiger charge is 2.58. The molecule has 2 atom stereocenters. The number of hydrogen-bond donors (Lipinski definition) is 0. The van der Waals surface area contributed by atoms with Crippen molar-refractivity contribution in [2.75, 3.05) is 6.61 Å². The molecule has 0 bridgehead atoms. The monoisotopic (exact) mass is 556 g/mol. The van der Waals surface area contributed by atoms with Crippen molar-refractivity contribution < 1.29 is 14.0 Å². The molecule has 1 heterocycles. The van der Waals surface area contributed by atoms with Gasteiger partial charge in [-0.25, -0.2) is 0 Å². The molecule has 4 heteroatoms. The van der Waals surface area contributed by atoms with Crippen molar-refractivity contribution in [1.29, 1.82) is 0 Å². The lowest BCUT2D eigenvalue weighted by molar-refractivity contribution is -0.137. The van der Waals surface area contributed by atoms with Crippen molar-refractivity contribution in [2.24, 2.45) is 5.92 Å². The third kappa shape index (κ3) is 4.71. The molecule has 206 valence electrons. The Kier molecular flexibility index (Phi) is 7.14. The number of rotatable bonds is 7. The van der Waals surface area contributed by atoms with Crippen LogP contribution in [0.15, 0.2) is 133 Å². The van der Waals surface area contributed by atoms with E-state index in [0.29, 0.717) is 12.4 Å². The predicted molar refractivity (Wildman–Crippen MR) is 169 cm³/mol. The summed E-state index contributed by atoms with van der Waals surface area (Å²) in [6.07, 6.45) is 6.29. The van der Waals surface area contributed by atoms with E-state index < -0.39 is 13.9 Å². The number of carbonyl (C=O) groups is 1. The van der Waals surface area contributed by atoms with Crippen LogP contribution in [0, 0.1) is 5.92 Å². The van der Waals surface area contributed by atoms with Crippen LogP contribution in [0.25, 0.3) is 6.08 Å². The van der Waals surface area contributed by atoms with Gasteiger partial charge in [0, 0.05) is 24.2 Å². The number of hydrogen-bond acceptors (Lipinski definition) is 3. The highest BCUT2D eigenvalue weighted by atomic mass is 28.4. The molecule has 1 aliphatic heterocycles. The molecule has 4 aromatic carbocycles. The SMILES string of the molecule is CC(C)(C)[Si](OCC1Cc2ccccc2C12OC(/C=C/c1ccccc1)=CC2=O)(c1ccccc1)c1ccccc1. The van der Waals surface area contributed by atoms with Gasteiger partial charge in [-0.05, 0) is 39.0 Å². The molecular formula is C37H36O3Si. The van der Waals surface area contributed by atoms with E-state index in [1.165, 1.54) is 10.4 Å². The van der Waals surface area contributed by atoms with E-state index in [1.807, 2.05) is 60.7 Å². The van der Waals surface area contributed by atoms with E-state index in [0.717, 1.165) is 23.1 Å². The third-order valence-electron chi connectivity index (χ3n) is 8.53. The zero-order chi connectivity index (χ0) is 28.5. The first-order valence-corrected chi connectivity index (χ1v) is 16.3. The second-order valence-corrected chi connectivity index (χ2v) is 16.3. The minimum absolute atomic E-state index is 0.00814. The van der Waals surface area contributed by atoms with Crippen molar-refractivity contribution in [1.82, 2.24) is 0 Å². The van der Waals surface area contributed by atoms with Crippen molar-refractivity contribution in [3.8, 4) is 0 Å². The van der Waals surface area contributed by atoms with E-state index >= 15 is 0 Å². The molecule has 0 amide bonds. The van der Waals surface area contributed by atoms with Gasteiger partial charge in [0.05, 0.1) is 0 Å². The molecule has 6 rings (SSSR count). The molecule has 2 unspecified atom stereocenters. The van der Waals surface area contributed by atoms with Crippen molar-refractivity contribution in [3.05, 3.63) is 150 Å². The first kappa shape index (κ1) is 27.2. The van der Waals surface area contributed by atoms with Crippen LogP contribution < -0.4 is 10.4 Å². The summed E-state index contributed by atoms with van der Waals surface area (Å²) < 4.78 is 14.1. The van der Waals surface area contributed by atoms with Crippen LogP contribution >= 0.6 is 0 Å². The predicted octanol–water partition coefficient (Wildman–Crippen LogP) is 6.83. The molecule has 0 fully saturated rings. The van der Waals surface area contributed by atoms with E-state index in [9.17, 15) is 4.79 Å². The number of benzene rings is 4. The van der Waals surface area contributed by atoms with E-state index in [-0.39, 0.29) is 16.7 Å². The average Bonchev–Trinajstić information content (AvgIpc) is 3.50. The summed E-state index contributed by atoms with van der Waals surface area (Å²) in [5.74, 6) is 0.421. The second-order valence-electron chi connectivity index (χ2n) is 12.0. The van der Waals surface area contributed by atoms with Crippen LogP contribution in [0.3, 0.4) is 0 Å². The molecule has 0 saturated carbocycles. The van der Waals surface area contributed by atoms with Gasteiger partial charge in [0.25, 0.3) is 8.32 Å². The molecule has 0 radical (unpaired) electrons. The Labute approximate surface area is 244 Å². The zero-order valence-corrected chi connectivity index (χ0v) is 24.9. The maximum absolute atomic E-state index is 14.0. The maximum Gasteiger partial charge on any atom is 0.261 e. The Bertz CT molecular complexity index is 1550. The lowest BCUT2D eigenvalue weighted by Crippen LogP contribution is -2.67. The summed E-state index contributed by atoms with van der Waals surface area (Å²) in [6, 6.07) is 39.6. The highest BCUT2D eigenvalue weighted by Crippen LogP contribution is 2.50. The van der Waals surface area contributed by atoms with Gasteiger partial charge < -0.3 is 9.16 Å². The number of allylic oxidation sites excluding steroid dienone is 1. The van der Waals surface area contributed by atoms with Crippen molar-refractivity contribution >= 4 is 30.6 Å². The third-order valence-corrected chi connectivity index (χ3v) is 13.5. The molecule has 1 aliphatic carbocycles. The van der Waals surface area contributed by atoms with Crippen molar-refractivity contribution in [3.63, 3.8) is 0 Å². The topological polar surface area (TPSA) is 35.5 Å². The van der Waals surface area contributed by atoms with Crippen LogP contribution in [0.4, 0.5) is 0 Å². The summed E-state index contributed by atoms with van der Waals surface area (Å²) in [6.45, 7) is 7.26. The van der Waals surface area contributed by atoms with Gasteiger partial charge in [0.2, 0.25) is 11.4 Å². The average molecular weight is 557 g/mol. The molecule has 41 heavy (non-hydrogen) atoms. The fourth-order valence-electron chi connectivity index (χ4n) is 6.65. The number of ketones is 1. The molecule has 0 aromatic heterocycles. The highest BCUT2D eigenvalue weighted by molar-refractivity contribution is 6.99. The lowest BCUT2D eigenvalue weighted by Gasteiger charge is -2.44. The van der Waals surface area contributed by atoms with Gasteiger partial charge >= 0.3 is 0 Å². The maximum atomic E-state index is 14.0. The summed E-state index contributed by atoms with van der Waals surface area (Å²) in [7, 11) is -2.78. The largest absolute Gasteiger partial charge is 0.474 e. The van der Waals surface area contributed by atoms with Gasteiger partial charge in [0.1, 0.15) is 5.76 Å². The van der Waals surface area contributed by atoms with Gasteiger partial charge in [-0.3, -0.25) is 4.79 Å². The Morgan fingerprint density at radius 3 is 1.98 bits per heavy atom. The zero-order valence-electron chi connectivity index (χ0n) is 23.9. The Balaban J connectivity index is 1.38. The molecule has 3 nitrogen and oxygen atoms in total. The summed E-state index contributed by atoms with van der Waals surface area (Å²) >= 11 is 0. The summed E-state index contributed by atoms with van der Waals surface area (Å²) in [5, 5.41) is 2.30. The van der Waals surface area contributed by atoms with Gasteiger partial charge in [-0.2, -0.15) is 0 Å². The minimum atomic E-state index is -2.78. The van der Waals surface area contributed by atoms with Crippen molar-refractivity contribution in [2.45, 2.75) is 37.8 Å². The summed E-state index contributed by atoms with van der Waals surface area (Å²) in [4.78, 5) is 14.0. The van der Waals surface area contributed by atoms with E-state index in [2.05, 4.69) is 87.5 Å². The number of ether oxygens (including phenoxy) is 1. The standard InChI is InChI=1S/C37H36O3Si/c1-36(2,3)41(32-18-9-5-10-19-32,33-20-11-6-12-21-33)39-27-30-25-29-17-13-14-22-34(29)37(30)35(38)26-31(40-37)24-23-28-15-7-4-8-16-28/h4-24,26,30H,25,27H2,1-3H3/b24-23+. The molecule has 1 spiro atoms. The van der Waals surface area contributed by atoms with Gasteiger partial charge in [-0.15, -0.1) is 0 Å². The first-order valence-electron chi connectivity index (χ1n) is 14.4. The smallest absolute Gasteiger partial charge is 0.261 e. The number of carbonyl (C=O) groups excluding carboxylic acids is 1. The summed E-state index contributed by atoms with van der Waals surface area (Å²) in [5.41, 5.74) is 2.08. The molecule has 0 N–H and O–H groups in total. The van der Waals surface area contributed by atoms with Crippen LogP contribution in [-0.2, 0) is 26.0 Å². The lowest BCUT2D eigenvalue weighted by atomic mass is 9.84. The Morgan fingerprint density at radius 1 is 0.805 bits per heavy atom. The molecule has 2 aliphatic rings. The second kappa shape index (κ2) is 10.8. The first-order chi connectivity index (χ1) is 19.8. The fraction of sp³-hybridized carbons (Fsp3) is 0.216. The van der Waals surface area contributed by atoms with Gasteiger partial charge in [-0.1, -0.05) is 142 Å². The molecular weight excluding hydrogens is 520 g/mol. The van der Waals surface area contributed by atoms with Crippen LogP contribution in [0.2, 0.25) is 5.04 Å². The van der Waals surface area contributed by atoms with Gasteiger partial charge in [0.15, 0.2) is 0 Å². The minimum Gasteiger partial charge on any atom is -0.474 e. The Hall–Kier alpha value is -3.99. The molecule has 4 aromatic rings. The quantitative estimate of drug-likeness (QED) is 0.234. The van der Waals surface area contributed by atoms with Crippen LogP contribution in [-0.4, -0.2) is 20.7 Å². The van der Waals surface area contributed by atoms with Crippen LogP contribution in [0.1, 0.15) is 37.5 Å².